The zero-order valence-corrected chi connectivity index (χ0v) is 11.1. The second-order valence-electron chi connectivity index (χ2n) is 4.74. The van der Waals surface area contributed by atoms with Crippen molar-refractivity contribution in [3.05, 3.63) is 35.4 Å². The fraction of sp³-hybridized carbons (Fsp3) is 0.429. The maximum atomic E-state index is 12.1. The van der Waals surface area contributed by atoms with Gasteiger partial charge in [0.1, 0.15) is 0 Å². The third kappa shape index (κ3) is 2.61. The molecule has 0 spiro atoms. The summed E-state index contributed by atoms with van der Waals surface area (Å²) in [5.74, 6) is -0.882. The number of nitrogens with one attached hydrogen (secondary N) is 1. The highest BCUT2D eigenvalue weighted by Gasteiger charge is 2.53. The van der Waals surface area contributed by atoms with Gasteiger partial charge >= 0.3 is 5.97 Å². The number of carbonyl (C=O) groups excluding carboxylic acids is 2. The zero-order chi connectivity index (χ0) is 13.9. The van der Waals surface area contributed by atoms with E-state index in [2.05, 4.69) is 10.1 Å². The molecule has 0 atom stereocenters. The molecule has 102 valence electrons. The van der Waals surface area contributed by atoms with Gasteiger partial charge in [0.15, 0.2) is 5.41 Å². The van der Waals surface area contributed by atoms with Crippen LogP contribution in [0.3, 0.4) is 0 Å². The molecule has 0 saturated carbocycles. The minimum atomic E-state index is -1.17. The molecule has 1 fully saturated rings. The first-order valence-corrected chi connectivity index (χ1v) is 6.08. The molecule has 0 aliphatic carbocycles. The monoisotopic (exact) mass is 263 g/mol. The minimum Gasteiger partial charge on any atom is -0.468 e. The summed E-state index contributed by atoms with van der Waals surface area (Å²) in [7, 11) is 1.27. The molecule has 0 unspecified atom stereocenters. The minimum absolute atomic E-state index is 0.0827. The van der Waals surface area contributed by atoms with Gasteiger partial charge in [0.25, 0.3) is 0 Å². The highest BCUT2D eigenvalue weighted by molar-refractivity contribution is 6.03. The summed E-state index contributed by atoms with van der Waals surface area (Å²) in [6, 6.07) is 7.83. The van der Waals surface area contributed by atoms with Crippen LogP contribution in [0.15, 0.2) is 24.3 Å². The molecule has 19 heavy (non-hydrogen) atoms. The number of rotatable bonds is 4. The van der Waals surface area contributed by atoms with E-state index in [1.165, 1.54) is 7.11 Å². The van der Waals surface area contributed by atoms with Gasteiger partial charge in [0, 0.05) is 6.54 Å². The van der Waals surface area contributed by atoms with Crippen molar-refractivity contribution >= 4 is 11.9 Å². The standard InChI is InChI=1S/C14H17NO4/c1-10-4-3-5-11(6-10)7-15-12(16)14(8-19-9-14)13(17)18-2/h3-6H,7-9H2,1-2H3,(H,15,16). The molecule has 0 aromatic heterocycles. The number of ether oxygens (including phenoxy) is 2. The van der Waals surface area contributed by atoms with E-state index in [0.717, 1.165) is 11.1 Å². The van der Waals surface area contributed by atoms with Crippen LogP contribution in [0.2, 0.25) is 0 Å². The molecule has 1 aromatic rings. The van der Waals surface area contributed by atoms with Crippen LogP contribution in [0.5, 0.6) is 0 Å². The van der Waals surface area contributed by atoms with Gasteiger partial charge in [-0.05, 0) is 12.5 Å². The van der Waals surface area contributed by atoms with Crippen LogP contribution in [0.4, 0.5) is 0 Å². The Hall–Kier alpha value is -1.88. The molecule has 1 aliphatic rings. The number of hydrogen-bond acceptors (Lipinski definition) is 4. The van der Waals surface area contributed by atoms with Gasteiger partial charge in [0.05, 0.1) is 20.3 Å². The largest absolute Gasteiger partial charge is 0.468 e. The highest BCUT2D eigenvalue weighted by atomic mass is 16.5. The van der Waals surface area contributed by atoms with Crippen LogP contribution >= 0.6 is 0 Å². The molecule has 1 amide bonds. The zero-order valence-electron chi connectivity index (χ0n) is 11.1. The molecule has 5 heteroatoms. The number of esters is 1. The Morgan fingerprint density at radius 1 is 1.42 bits per heavy atom. The van der Waals surface area contributed by atoms with Crippen LogP contribution in [0.1, 0.15) is 11.1 Å². The number of benzene rings is 1. The summed E-state index contributed by atoms with van der Waals surface area (Å²) in [6.07, 6.45) is 0. The molecule has 5 nitrogen and oxygen atoms in total. The van der Waals surface area contributed by atoms with Crippen molar-refractivity contribution in [1.29, 1.82) is 0 Å². The van der Waals surface area contributed by atoms with E-state index in [4.69, 9.17) is 4.74 Å². The second kappa shape index (κ2) is 5.40. The van der Waals surface area contributed by atoms with Gasteiger partial charge in [-0.3, -0.25) is 9.59 Å². The smallest absolute Gasteiger partial charge is 0.326 e. The van der Waals surface area contributed by atoms with E-state index < -0.39 is 11.4 Å². The van der Waals surface area contributed by atoms with Crippen molar-refractivity contribution < 1.29 is 19.1 Å². The summed E-state index contributed by atoms with van der Waals surface area (Å²) in [5, 5.41) is 2.76. The number of aryl methyl sites for hydroxylation is 1. The topological polar surface area (TPSA) is 64.6 Å². The Bertz CT molecular complexity index is 494. The van der Waals surface area contributed by atoms with Gasteiger partial charge < -0.3 is 14.8 Å². The lowest BCUT2D eigenvalue weighted by Gasteiger charge is -2.36. The van der Waals surface area contributed by atoms with Crippen LogP contribution in [-0.2, 0) is 25.6 Å². The Kier molecular flexibility index (Phi) is 3.85. The summed E-state index contributed by atoms with van der Waals surface area (Å²) >= 11 is 0. The van der Waals surface area contributed by atoms with E-state index in [1.54, 1.807) is 0 Å². The third-order valence-electron chi connectivity index (χ3n) is 3.24. The number of hydrogen-bond donors (Lipinski definition) is 1. The van der Waals surface area contributed by atoms with E-state index in [0.29, 0.717) is 6.54 Å². The molecule has 0 bridgehead atoms. The van der Waals surface area contributed by atoms with Gasteiger partial charge in [-0.2, -0.15) is 0 Å². The van der Waals surface area contributed by atoms with Crippen molar-refractivity contribution in [3.63, 3.8) is 0 Å². The average molecular weight is 263 g/mol. The first kappa shape index (κ1) is 13.5. The van der Waals surface area contributed by atoms with E-state index >= 15 is 0 Å². The van der Waals surface area contributed by atoms with Crippen molar-refractivity contribution in [2.75, 3.05) is 20.3 Å². The van der Waals surface area contributed by atoms with Gasteiger partial charge in [-0.15, -0.1) is 0 Å². The summed E-state index contributed by atoms with van der Waals surface area (Å²) in [5.41, 5.74) is 0.952. The first-order valence-electron chi connectivity index (χ1n) is 6.08. The molecular formula is C14H17NO4. The first-order chi connectivity index (χ1) is 9.08. The van der Waals surface area contributed by atoms with Crippen molar-refractivity contribution in [3.8, 4) is 0 Å². The molecule has 1 aliphatic heterocycles. The summed E-state index contributed by atoms with van der Waals surface area (Å²) < 4.78 is 9.66. The van der Waals surface area contributed by atoms with Crippen molar-refractivity contribution in [2.24, 2.45) is 5.41 Å². The molecule has 1 N–H and O–H groups in total. The maximum absolute atomic E-state index is 12.1. The number of carbonyl (C=O) groups is 2. The molecule has 1 saturated heterocycles. The SMILES string of the molecule is COC(=O)C1(C(=O)NCc2cccc(C)c2)COC1. The fourth-order valence-electron chi connectivity index (χ4n) is 2.02. The van der Waals surface area contributed by atoms with E-state index in [1.807, 2.05) is 31.2 Å². The van der Waals surface area contributed by atoms with E-state index in [9.17, 15) is 9.59 Å². The Labute approximate surface area is 111 Å². The Balaban J connectivity index is 1.99. The highest BCUT2D eigenvalue weighted by Crippen LogP contribution is 2.29. The molecule has 1 heterocycles. The summed E-state index contributed by atoms with van der Waals surface area (Å²) in [6.45, 7) is 2.54. The number of amides is 1. The normalized spacial score (nSPS) is 16.3. The fourth-order valence-corrected chi connectivity index (χ4v) is 2.02. The van der Waals surface area contributed by atoms with Gasteiger partial charge in [-0.25, -0.2) is 0 Å². The lowest BCUT2D eigenvalue weighted by Crippen LogP contribution is -2.59. The van der Waals surface area contributed by atoms with Gasteiger partial charge in [-0.1, -0.05) is 29.8 Å². The van der Waals surface area contributed by atoms with Crippen LogP contribution in [0, 0.1) is 12.3 Å². The molecule has 1 aromatic carbocycles. The molecule has 2 rings (SSSR count). The van der Waals surface area contributed by atoms with Crippen LogP contribution < -0.4 is 5.32 Å². The third-order valence-corrected chi connectivity index (χ3v) is 3.24. The maximum Gasteiger partial charge on any atom is 0.326 e. The predicted octanol–water partition coefficient (Wildman–Crippen LogP) is 0.801. The molecular weight excluding hydrogens is 246 g/mol. The lowest BCUT2D eigenvalue weighted by molar-refractivity contribution is -0.188. The average Bonchev–Trinajstić information content (AvgIpc) is 2.35. The lowest BCUT2D eigenvalue weighted by atomic mass is 9.85. The molecule has 0 radical (unpaired) electrons. The van der Waals surface area contributed by atoms with Crippen LogP contribution in [-0.4, -0.2) is 32.2 Å². The summed E-state index contributed by atoms with van der Waals surface area (Å²) in [4.78, 5) is 23.8. The Morgan fingerprint density at radius 3 is 2.68 bits per heavy atom. The van der Waals surface area contributed by atoms with Gasteiger partial charge in [0.2, 0.25) is 5.91 Å². The quantitative estimate of drug-likeness (QED) is 0.644. The predicted molar refractivity (Wildman–Crippen MR) is 68.3 cm³/mol. The van der Waals surface area contributed by atoms with Crippen molar-refractivity contribution in [2.45, 2.75) is 13.5 Å². The van der Waals surface area contributed by atoms with E-state index in [-0.39, 0.29) is 19.1 Å². The van der Waals surface area contributed by atoms with Crippen molar-refractivity contribution in [1.82, 2.24) is 5.32 Å². The Morgan fingerprint density at radius 2 is 2.16 bits per heavy atom. The van der Waals surface area contributed by atoms with Crippen LogP contribution in [0.25, 0.3) is 0 Å². The number of methoxy groups -OCH3 is 1. The second-order valence-corrected chi connectivity index (χ2v) is 4.74.